The van der Waals surface area contributed by atoms with Crippen molar-refractivity contribution in [2.75, 3.05) is 56.7 Å². The van der Waals surface area contributed by atoms with Crippen molar-refractivity contribution >= 4 is 46.7 Å². The minimum absolute atomic E-state index is 0.117. The molecule has 4 rings (SSSR count). The maximum atomic E-state index is 15.0. The summed E-state index contributed by atoms with van der Waals surface area (Å²) in [6.07, 6.45) is -1.29. The molecule has 0 spiro atoms. The van der Waals surface area contributed by atoms with Crippen LogP contribution in [0.3, 0.4) is 0 Å². The zero-order valence-electron chi connectivity index (χ0n) is 18.9. The number of hydrogen-bond donors (Lipinski definition) is 0. The van der Waals surface area contributed by atoms with E-state index in [0.717, 1.165) is 6.07 Å². The summed E-state index contributed by atoms with van der Waals surface area (Å²) >= 11 is 5.05. The SMILES string of the molecule is COC(=S)N(C)C1CN(c2ccc(N3CCN(C(=O)c4ccc([N+](=O)[O-])o4)CC3)c(F)c2)C(=O)O1. The Hall–Kier alpha value is -3.94. The molecule has 14 heteroatoms. The zero-order valence-corrected chi connectivity index (χ0v) is 19.7. The molecule has 12 nitrogen and oxygen atoms in total. The van der Waals surface area contributed by atoms with Gasteiger partial charge in [0.05, 0.1) is 31.1 Å². The largest absolute Gasteiger partial charge is 0.474 e. The van der Waals surface area contributed by atoms with Gasteiger partial charge >= 0.3 is 12.0 Å². The molecule has 1 aromatic carbocycles. The Morgan fingerprint density at radius 3 is 2.57 bits per heavy atom. The van der Waals surface area contributed by atoms with E-state index in [1.165, 1.54) is 33.9 Å². The number of rotatable bonds is 5. The van der Waals surface area contributed by atoms with E-state index < -0.39 is 34.9 Å². The van der Waals surface area contributed by atoms with Crippen molar-refractivity contribution in [2.24, 2.45) is 0 Å². The normalized spacial score (nSPS) is 17.9. The molecule has 0 saturated carbocycles. The van der Waals surface area contributed by atoms with Crippen LogP contribution in [0.25, 0.3) is 0 Å². The topological polar surface area (TPSA) is 122 Å². The summed E-state index contributed by atoms with van der Waals surface area (Å²) in [6.45, 7) is 1.39. The lowest BCUT2D eigenvalue weighted by atomic mass is 10.2. The Morgan fingerprint density at radius 2 is 1.97 bits per heavy atom. The van der Waals surface area contributed by atoms with Gasteiger partial charge in [0.25, 0.3) is 11.1 Å². The molecule has 2 amide bonds. The summed E-state index contributed by atoms with van der Waals surface area (Å²) < 4.78 is 30.3. The molecule has 2 saturated heterocycles. The van der Waals surface area contributed by atoms with Gasteiger partial charge in [0.1, 0.15) is 10.7 Å². The van der Waals surface area contributed by atoms with Crippen LogP contribution in [-0.4, -0.2) is 85.0 Å². The van der Waals surface area contributed by atoms with Gasteiger partial charge in [-0.3, -0.25) is 24.7 Å². The lowest BCUT2D eigenvalue weighted by Gasteiger charge is -2.36. The minimum Gasteiger partial charge on any atom is -0.474 e. The molecule has 2 aromatic rings. The van der Waals surface area contributed by atoms with E-state index in [0.29, 0.717) is 24.5 Å². The Morgan fingerprint density at radius 1 is 1.26 bits per heavy atom. The van der Waals surface area contributed by atoms with Crippen molar-refractivity contribution in [1.29, 1.82) is 0 Å². The molecule has 2 aliphatic rings. The quantitative estimate of drug-likeness (QED) is 0.339. The zero-order chi connectivity index (χ0) is 25.3. The van der Waals surface area contributed by atoms with Gasteiger partial charge in [0.15, 0.2) is 12.0 Å². The maximum absolute atomic E-state index is 15.0. The second kappa shape index (κ2) is 9.74. The molecule has 0 aliphatic carbocycles. The Balaban J connectivity index is 1.39. The number of furan rings is 1. The van der Waals surface area contributed by atoms with Crippen molar-refractivity contribution in [3.05, 3.63) is 52.0 Å². The third-order valence-corrected chi connectivity index (χ3v) is 6.28. The van der Waals surface area contributed by atoms with Crippen LogP contribution in [0.2, 0.25) is 0 Å². The average molecular weight is 508 g/mol. The van der Waals surface area contributed by atoms with E-state index in [4.69, 9.17) is 26.1 Å². The number of amides is 2. The number of methoxy groups -OCH3 is 1. The molecule has 35 heavy (non-hydrogen) atoms. The molecule has 1 unspecified atom stereocenters. The van der Waals surface area contributed by atoms with Gasteiger partial charge in [-0.2, -0.15) is 0 Å². The highest BCUT2D eigenvalue weighted by molar-refractivity contribution is 7.80. The number of benzene rings is 1. The first-order chi connectivity index (χ1) is 16.7. The summed E-state index contributed by atoms with van der Waals surface area (Å²) in [5, 5.41) is 10.9. The van der Waals surface area contributed by atoms with Gasteiger partial charge in [0.2, 0.25) is 0 Å². The van der Waals surface area contributed by atoms with Crippen LogP contribution in [0, 0.1) is 15.9 Å². The average Bonchev–Trinajstić information content (AvgIpc) is 3.50. The highest BCUT2D eigenvalue weighted by Gasteiger charge is 2.36. The van der Waals surface area contributed by atoms with Crippen LogP contribution in [0.1, 0.15) is 10.6 Å². The number of thiocarbonyl (C=S) groups is 1. The maximum Gasteiger partial charge on any atom is 0.433 e. The molecule has 0 bridgehead atoms. The lowest BCUT2D eigenvalue weighted by molar-refractivity contribution is -0.402. The standard InChI is InChI=1S/C21H22FN5O7S/c1-23(21(35)32-2)18-12-26(20(29)34-18)13-3-4-15(14(22)11-13)24-7-9-25(10-8-24)19(28)16-5-6-17(33-16)27(30)31/h3-6,11,18H,7-10,12H2,1-2H3. The second-order valence-corrected chi connectivity index (χ2v) is 8.19. The van der Waals surface area contributed by atoms with Crippen LogP contribution in [-0.2, 0) is 9.47 Å². The number of carbonyl (C=O) groups excluding carboxylic acids is 2. The first-order valence-corrected chi connectivity index (χ1v) is 11.0. The van der Waals surface area contributed by atoms with Gasteiger partial charge in [-0.15, -0.1) is 0 Å². The Bertz CT molecular complexity index is 1170. The Kier molecular flexibility index (Phi) is 6.73. The molecule has 0 N–H and O–H groups in total. The van der Waals surface area contributed by atoms with Crippen molar-refractivity contribution < 1.29 is 32.8 Å². The molecule has 3 heterocycles. The third-order valence-electron chi connectivity index (χ3n) is 5.82. The summed E-state index contributed by atoms with van der Waals surface area (Å²) in [4.78, 5) is 41.0. The van der Waals surface area contributed by atoms with E-state index in [1.54, 1.807) is 24.1 Å². The van der Waals surface area contributed by atoms with Crippen LogP contribution >= 0.6 is 12.2 Å². The molecule has 186 valence electrons. The second-order valence-electron chi connectivity index (χ2n) is 7.84. The fourth-order valence-corrected chi connectivity index (χ4v) is 4.01. The number of piperazine rings is 1. The van der Waals surface area contributed by atoms with Crippen molar-refractivity contribution in [3.63, 3.8) is 0 Å². The van der Waals surface area contributed by atoms with E-state index in [9.17, 15) is 19.7 Å². The molecule has 1 atom stereocenters. The molecule has 2 fully saturated rings. The van der Waals surface area contributed by atoms with E-state index in [2.05, 4.69) is 0 Å². The number of nitrogens with zero attached hydrogens (tertiary/aromatic N) is 5. The fourth-order valence-electron chi connectivity index (χ4n) is 3.89. The summed E-state index contributed by atoms with van der Waals surface area (Å²) in [5.41, 5.74) is 0.667. The summed E-state index contributed by atoms with van der Waals surface area (Å²) in [6, 6.07) is 6.84. The number of anilines is 2. The molecule has 1 aromatic heterocycles. The monoisotopic (exact) mass is 507 g/mol. The minimum atomic E-state index is -0.712. The molecular formula is C21H22FN5O7S. The predicted octanol–water partition coefficient (Wildman–Crippen LogP) is 2.44. The highest BCUT2D eigenvalue weighted by Crippen LogP contribution is 2.29. The van der Waals surface area contributed by atoms with E-state index in [-0.39, 0.29) is 30.6 Å². The number of carbonyl (C=O) groups is 2. The summed E-state index contributed by atoms with van der Waals surface area (Å²) in [7, 11) is 3.05. The van der Waals surface area contributed by atoms with Crippen molar-refractivity contribution in [3.8, 4) is 0 Å². The summed E-state index contributed by atoms with van der Waals surface area (Å²) in [5.74, 6) is -1.61. The van der Waals surface area contributed by atoms with Crippen LogP contribution < -0.4 is 9.80 Å². The molecule has 2 aliphatic heterocycles. The van der Waals surface area contributed by atoms with Crippen LogP contribution in [0.5, 0.6) is 0 Å². The van der Waals surface area contributed by atoms with Gasteiger partial charge in [0, 0.05) is 33.2 Å². The number of ether oxygens (including phenoxy) is 2. The smallest absolute Gasteiger partial charge is 0.433 e. The van der Waals surface area contributed by atoms with Crippen molar-refractivity contribution in [2.45, 2.75) is 6.23 Å². The number of halogens is 1. The van der Waals surface area contributed by atoms with Gasteiger partial charge < -0.3 is 23.7 Å². The van der Waals surface area contributed by atoms with Crippen molar-refractivity contribution in [1.82, 2.24) is 9.80 Å². The van der Waals surface area contributed by atoms with Gasteiger partial charge in [-0.05, 0) is 36.5 Å². The number of cyclic esters (lactones) is 1. The number of hydrogen-bond acceptors (Lipinski definition) is 9. The van der Waals surface area contributed by atoms with Gasteiger partial charge in [-0.25, -0.2) is 9.18 Å². The predicted molar refractivity (Wildman–Crippen MR) is 125 cm³/mol. The highest BCUT2D eigenvalue weighted by atomic mass is 32.1. The Labute approximate surface area is 204 Å². The lowest BCUT2D eigenvalue weighted by Crippen LogP contribution is -2.49. The van der Waals surface area contributed by atoms with Crippen LogP contribution in [0.15, 0.2) is 34.7 Å². The van der Waals surface area contributed by atoms with Crippen LogP contribution in [0.4, 0.5) is 26.4 Å². The molecule has 0 radical (unpaired) electrons. The number of nitro groups is 1. The van der Waals surface area contributed by atoms with Gasteiger partial charge in [-0.1, -0.05) is 0 Å². The third kappa shape index (κ3) is 4.82. The first-order valence-electron chi connectivity index (χ1n) is 10.6. The first kappa shape index (κ1) is 24.2. The van der Waals surface area contributed by atoms with E-state index in [1.807, 2.05) is 0 Å². The molecular weight excluding hydrogens is 485 g/mol. The fraction of sp³-hybridized carbons (Fsp3) is 0.381. The number of likely N-dealkylation sites (N-methyl/N-ethyl adjacent to an activating group) is 1. The van der Waals surface area contributed by atoms with E-state index >= 15 is 4.39 Å².